The van der Waals surface area contributed by atoms with Crippen molar-refractivity contribution in [3.05, 3.63) is 204 Å². The van der Waals surface area contributed by atoms with Gasteiger partial charge >= 0.3 is 0 Å². The summed E-state index contributed by atoms with van der Waals surface area (Å²) in [6.07, 6.45) is 1.84. The highest BCUT2D eigenvalue weighted by molar-refractivity contribution is 5.91. The molecule has 1 aliphatic rings. The van der Waals surface area contributed by atoms with Gasteiger partial charge < -0.3 is 0 Å². The Kier molecular flexibility index (Phi) is 6.61. The second-order valence-corrected chi connectivity index (χ2v) is 13.1. The second kappa shape index (κ2) is 11.3. The van der Waals surface area contributed by atoms with E-state index in [1.165, 1.54) is 77.2 Å². The van der Waals surface area contributed by atoms with Gasteiger partial charge in [-0.25, -0.2) is 0 Å². The first-order valence-electron chi connectivity index (χ1n) is 16.6. The fraction of sp³-hybridized carbons (Fsp3) is 0.0638. The third-order valence-corrected chi connectivity index (χ3v) is 10.2. The lowest BCUT2D eigenvalue weighted by Gasteiger charge is -2.33. The van der Waals surface area contributed by atoms with Crippen molar-refractivity contribution in [1.82, 2.24) is 0 Å². The molecule has 47 heavy (non-hydrogen) atoms. The van der Waals surface area contributed by atoms with Gasteiger partial charge in [-0.15, -0.1) is 0 Å². The van der Waals surface area contributed by atoms with Gasteiger partial charge in [-0.05, 0) is 114 Å². The number of rotatable bonds is 6. The highest BCUT2D eigenvalue weighted by atomic mass is 14.5. The third kappa shape index (κ3) is 4.85. The van der Waals surface area contributed by atoms with Gasteiger partial charge in [-0.1, -0.05) is 158 Å². The maximum Gasteiger partial charge on any atom is 0.0296 e. The fourth-order valence-electron chi connectivity index (χ4n) is 7.92. The van der Waals surface area contributed by atoms with Crippen molar-refractivity contribution in [2.75, 3.05) is 0 Å². The van der Waals surface area contributed by atoms with Gasteiger partial charge in [-0.3, -0.25) is 0 Å². The first kappa shape index (κ1) is 27.6. The highest BCUT2D eigenvalue weighted by Crippen LogP contribution is 2.54. The lowest BCUT2D eigenvalue weighted by Crippen LogP contribution is -2.31. The number of benzene rings is 8. The minimum atomic E-state index is -0.243. The summed E-state index contributed by atoms with van der Waals surface area (Å²) in [6.45, 7) is 0. The van der Waals surface area contributed by atoms with Crippen molar-refractivity contribution >= 4 is 21.5 Å². The van der Waals surface area contributed by atoms with Gasteiger partial charge in [0, 0.05) is 5.41 Å². The topological polar surface area (TPSA) is 0 Å². The van der Waals surface area contributed by atoms with Crippen molar-refractivity contribution in [2.45, 2.75) is 18.3 Å². The monoisotopic (exact) mass is 598 g/mol. The SMILES string of the molecule is c1ccc(CC2(Cc3ccccc3)c3cc(-c4ccc5ccccc5c4)ccc3-c3ccc(-c4ccc5ccccc5c4)cc32)cc1. The second-order valence-electron chi connectivity index (χ2n) is 13.1. The minimum absolute atomic E-state index is 0.243. The number of fused-ring (bicyclic) bond motifs is 5. The fourth-order valence-corrected chi connectivity index (χ4v) is 7.92. The van der Waals surface area contributed by atoms with Gasteiger partial charge in [0.2, 0.25) is 0 Å². The van der Waals surface area contributed by atoms with Crippen molar-refractivity contribution in [1.29, 1.82) is 0 Å². The van der Waals surface area contributed by atoms with Gasteiger partial charge in [-0.2, -0.15) is 0 Å². The number of hydrogen-bond acceptors (Lipinski definition) is 0. The molecule has 0 heterocycles. The molecule has 0 saturated carbocycles. The summed E-state index contributed by atoms with van der Waals surface area (Å²) in [4.78, 5) is 0. The summed E-state index contributed by atoms with van der Waals surface area (Å²) < 4.78 is 0. The summed E-state index contributed by atoms with van der Waals surface area (Å²) in [5, 5.41) is 5.09. The average Bonchev–Trinajstić information content (AvgIpc) is 3.39. The Hall–Kier alpha value is -5.72. The Bertz CT molecular complexity index is 2230. The molecule has 0 fully saturated rings. The van der Waals surface area contributed by atoms with E-state index < -0.39 is 0 Å². The first-order valence-corrected chi connectivity index (χ1v) is 16.6. The van der Waals surface area contributed by atoms with Crippen LogP contribution in [0.15, 0.2) is 182 Å². The van der Waals surface area contributed by atoms with Crippen molar-refractivity contribution < 1.29 is 0 Å². The molecule has 0 radical (unpaired) electrons. The highest BCUT2D eigenvalue weighted by Gasteiger charge is 2.43. The molecule has 0 amide bonds. The zero-order chi connectivity index (χ0) is 31.2. The van der Waals surface area contributed by atoms with E-state index in [-0.39, 0.29) is 5.41 Å². The third-order valence-electron chi connectivity index (χ3n) is 10.2. The predicted molar refractivity (Wildman–Crippen MR) is 199 cm³/mol. The summed E-state index contributed by atoms with van der Waals surface area (Å²) in [5.74, 6) is 0. The van der Waals surface area contributed by atoms with Crippen LogP contribution in [0.25, 0.3) is 54.9 Å². The van der Waals surface area contributed by atoms with E-state index in [0.29, 0.717) is 0 Å². The average molecular weight is 599 g/mol. The van der Waals surface area contributed by atoms with Gasteiger partial charge in [0.15, 0.2) is 0 Å². The Morgan fingerprint density at radius 2 is 0.660 bits per heavy atom. The van der Waals surface area contributed by atoms with E-state index in [1.807, 2.05) is 0 Å². The smallest absolute Gasteiger partial charge is 0.0296 e. The molecular formula is C47H34. The molecule has 0 nitrogen and oxygen atoms in total. The Morgan fingerprint density at radius 3 is 1.11 bits per heavy atom. The quantitative estimate of drug-likeness (QED) is 0.179. The van der Waals surface area contributed by atoms with E-state index in [1.54, 1.807) is 0 Å². The van der Waals surface area contributed by atoms with E-state index in [0.717, 1.165) is 12.8 Å². The Labute approximate surface area is 276 Å². The molecule has 9 rings (SSSR count). The maximum atomic E-state index is 2.50. The van der Waals surface area contributed by atoms with Gasteiger partial charge in [0.05, 0.1) is 0 Å². The lowest BCUT2D eigenvalue weighted by atomic mass is 9.69. The van der Waals surface area contributed by atoms with Crippen LogP contribution in [0.2, 0.25) is 0 Å². The molecule has 0 aliphatic heterocycles. The molecule has 0 bridgehead atoms. The van der Waals surface area contributed by atoms with E-state index in [2.05, 4.69) is 182 Å². The Balaban J connectivity index is 1.27. The maximum absolute atomic E-state index is 2.50. The van der Waals surface area contributed by atoms with Crippen LogP contribution in [0.5, 0.6) is 0 Å². The van der Waals surface area contributed by atoms with Crippen LogP contribution in [0, 0.1) is 0 Å². The molecule has 1 aliphatic carbocycles. The van der Waals surface area contributed by atoms with E-state index in [9.17, 15) is 0 Å². The zero-order valence-corrected chi connectivity index (χ0v) is 26.2. The van der Waals surface area contributed by atoms with Gasteiger partial charge in [0.1, 0.15) is 0 Å². The van der Waals surface area contributed by atoms with E-state index in [4.69, 9.17) is 0 Å². The van der Waals surface area contributed by atoms with Gasteiger partial charge in [0.25, 0.3) is 0 Å². The van der Waals surface area contributed by atoms with Crippen LogP contribution in [0.4, 0.5) is 0 Å². The first-order chi connectivity index (χ1) is 23.2. The van der Waals surface area contributed by atoms with Crippen molar-refractivity contribution in [3.8, 4) is 33.4 Å². The predicted octanol–water partition coefficient (Wildman–Crippen LogP) is 12.1. The van der Waals surface area contributed by atoms with Crippen LogP contribution in [0.1, 0.15) is 22.3 Å². The number of hydrogen-bond donors (Lipinski definition) is 0. The van der Waals surface area contributed by atoms with Crippen LogP contribution >= 0.6 is 0 Å². The molecule has 8 aromatic carbocycles. The molecule has 0 saturated heterocycles. The summed E-state index contributed by atoms with van der Waals surface area (Å²) in [7, 11) is 0. The largest absolute Gasteiger partial charge is 0.0622 e. The molecular weight excluding hydrogens is 565 g/mol. The standard InChI is InChI=1S/C47H34/c1-3-11-33(12-4-1)31-47(32-34-13-5-2-6-14-34)45-29-41(39-21-19-35-15-7-9-17-37(35)27-39)23-25-43(45)44-26-24-42(30-46(44)47)40-22-20-36-16-8-10-18-38(36)28-40/h1-30H,31-32H2. The molecule has 222 valence electrons. The molecule has 0 atom stereocenters. The van der Waals surface area contributed by atoms with Crippen LogP contribution < -0.4 is 0 Å². The lowest BCUT2D eigenvalue weighted by molar-refractivity contribution is 0.520. The Morgan fingerprint density at radius 1 is 0.298 bits per heavy atom. The van der Waals surface area contributed by atoms with Crippen LogP contribution in [-0.4, -0.2) is 0 Å². The summed E-state index contributed by atoms with van der Waals surface area (Å²) in [6, 6.07) is 67.6. The zero-order valence-electron chi connectivity index (χ0n) is 26.2. The minimum Gasteiger partial charge on any atom is -0.0622 e. The normalized spacial score (nSPS) is 13.0. The van der Waals surface area contributed by atoms with Crippen LogP contribution in [-0.2, 0) is 18.3 Å². The molecule has 0 unspecified atom stereocenters. The van der Waals surface area contributed by atoms with Crippen molar-refractivity contribution in [3.63, 3.8) is 0 Å². The molecule has 0 heteroatoms. The summed E-state index contributed by atoms with van der Waals surface area (Å²) >= 11 is 0. The molecule has 8 aromatic rings. The molecule has 0 N–H and O–H groups in total. The van der Waals surface area contributed by atoms with E-state index >= 15 is 0 Å². The summed E-state index contributed by atoms with van der Waals surface area (Å²) in [5.41, 5.74) is 13.0. The van der Waals surface area contributed by atoms with Crippen LogP contribution in [0.3, 0.4) is 0 Å². The molecule has 0 aromatic heterocycles. The molecule has 0 spiro atoms. The van der Waals surface area contributed by atoms with Crippen molar-refractivity contribution in [2.24, 2.45) is 0 Å².